The predicted octanol–water partition coefficient (Wildman–Crippen LogP) is 2.56. The Balaban J connectivity index is 1.42. The van der Waals surface area contributed by atoms with Gasteiger partial charge in [-0.15, -0.1) is 0 Å². The van der Waals surface area contributed by atoms with Gasteiger partial charge in [-0.05, 0) is 35.4 Å². The van der Waals surface area contributed by atoms with Crippen molar-refractivity contribution in [2.45, 2.75) is 13.0 Å². The summed E-state index contributed by atoms with van der Waals surface area (Å²) in [7, 11) is 0. The Bertz CT molecular complexity index is 1080. The third-order valence-corrected chi connectivity index (χ3v) is 4.43. The Morgan fingerprint density at radius 2 is 1.80 bits per heavy atom. The minimum Gasteiger partial charge on any atom is -0.454 e. The van der Waals surface area contributed by atoms with Gasteiger partial charge in [0, 0.05) is 18.8 Å². The first-order valence-corrected chi connectivity index (χ1v) is 9.25. The maximum absolute atomic E-state index is 12.7. The van der Waals surface area contributed by atoms with Crippen molar-refractivity contribution < 1.29 is 23.8 Å². The highest BCUT2D eigenvalue weighted by atomic mass is 16.7. The molecule has 1 aliphatic rings. The normalized spacial score (nSPS) is 11.7. The van der Waals surface area contributed by atoms with E-state index in [0.29, 0.717) is 29.4 Å². The quantitative estimate of drug-likeness (QED) is 0.625. The van der Waals surface area contributed by atoms with E-state index in [4.69, 9.17) is 19.9 Å². The van der Waals surface area contributed by atoms with E-state index in [0.717, 1.165) is 11.1 Å². The molecule has 0 atom stereocenters. The number of benzene rings is 2. The van der Waals surface area contributed by atoms with Crippen LogP contribution in [0.1, 0.15) is 21.5 Å². The maximum atomic E-state index is 12.7. The fourth-order valence-corrected chi connectivity index (χ4v) is 2.95. The second-order valence-corrected chi connectivity index (χ2v) is 6.62. The number of ether oxygens (including phenoxy) is 3. The molecule has 0 radical (unpaired) electrons. The third-order valence-electron chi connectivity index (χ3n) is 4.43. The number of aromatic nitrogens is 1. The van der Waals surface area contributed by atoms with Gasteiger partial charge in [0.05, 0.1) is 6.42 Å². The molecule has 8 heteroatoms. The minimum atomic E-state index is -0.386. The smallest absolute Gasteiger partial charge is 0.257 e. The van der Waals surface area contributed by atoms with Crippen LogP contribution in [0.2, 0.25) is 0 Å². The molecule has 3 aromatic rings. The second kappa shape index (κ2) is 8.52. The lowest BCUT2D eigenvalue weighted by Gasteiger charge is -2.11. The summed E-state index contributed by atoms with van der Waals surface area (Å²) in [5.74, 6) is 1.18. The molecule has 0 bridgehead atoms. The van der Waals surface area contributed by atoms with Crippen molar-refractivity contribution in [2.75, 3.05) is 6.79 Å². The molecule has 0 spiro atoms. The zero-order valence-corrected chi connectivity index (χ0v) is 16.0. The molecule has 0 saturated heterocycles. The Hall–Kier alpha value is -4.07. The maximum Gasteiger partial charge on any atom is 0.257 e. The molecule has 152 valence electrons. The van der Waals surface area contributed by atoms with Crippen LogP contribution >= 0.6 is 0 Å². The van der Waals surface area contributed by atoms with Crippen LogP contribution in [0.4, 0.5) is 0 Å². The number of rotatable bonds is 7. The molecule has 30 heavy (non-hydrogen) atoms. The van der Waals surface area contributed by atoms with Crippen molar-refractivity contribution in [2.24, 2.45) is 5.73 Å². The second-order valence-electron chi connectivity index (χ2n) is 6.62. The number of nitrogens with two attached hydrogens (primary N) is 1. The molecule has 0 saturated carbocycles. The fraction of sp³-hybridized carbons (Fsp3) is 0.136. The van der Waals surface area contributed by atoms with Gasteiger partial charge in [0.15, 0.2) is 11.5 Å². The van der Waals surface area contributed by atoms with Crippen molar-refractivity contribution in [1.82, 2.24) is 10.3 Å². The van der Waals surface area contributed by atoms with Crippen molar-refractivity contribution in [3.8, 4) is 23.1 Å². The van der Waals surface area contributed by atoms with Gasteiger partial charge in [-0.2, -0.15) is 0 Å². The molecule has 4 rings (SSSR count). The van der Waals surface area contributed by atoms with Gasteiger partial charge in [-0.1, -0.05) is 24.3 Å². The van der Waals surface area contributed by atoms with Gasteiger partial charge in [-0.3, -0.25) is 9.59 Å². The Kier molecular flexibility index (Phi) is 5.47. The van der Waals surface area contributed by atoms with Crippen molar-refractivity contribution in [3.05, 3.63) is 77.5 Å². The van der Waals surface area contributed by atoms with E-state index in [1.165, 1.54) is 0 Å². The SMILES string of the molecule is NC(=O)Cc1ccc(CNC(=O)c2cccnc2Oc2ccc3c(c2)OCO3)cc1. The minimum absolute atomic E-state index is 0.166. The fourth-order valence-electron chi connectivity index (χ4n) is 2.95. The molecule has 8 nitrogen and oxygen atoms in total. The lowest BCUT2D eigenvalue weighted by Crippen LogP contribution is -2.23. The van der Waals surface area contributed by atoms with E-state index in [1.54, 1.807) is 36.5 Å². The summed E-state index contributed by atoms with van der Waals surface area (Å²) < 4.78 is 16.4. The lowest BCUT2D eigenvalue weighted by atomic mass is 10.1. The average Bonchev–Trinajstić information content (AvgIpc) is 3.21. The first-order chi connectivity index (χ1) is 14.6. The number of nitrogens with one attached hydrogen (secondary N) is 1. The van der Waals surface area contributed by atoms with Crippen LogP contribution in [0.15, 0.2) is 60.8 Å². The monoisotopic (exact) mass is 405 g/mol. The van der Waals surface area contributed by atoms with Crippen LogP contribution in [-0.4, -0.2) is 23.6 Å². The molecule has 2 heterocycles. The van der Waals surface area contributed by atoms with Crippen LogP contribution in [0, 0.1) is 0 Å². The van der Waals surface area contributed by atoms with Gasteiger partial charge >= 0.3 is 0 Å². The van der Waals surface area contributed by atoms with Crippen molar-refractivity contribution in [3.63, 3.8) is 0 Å². The molecule has 1 aromatic heterocycles. The van der Waals surface area contributed by atoms with E-state index in [1.807, 2.05) is 24.3 Å². The number of nitrogens with zero attached hydrogens (tertiary/aromatic N) is 1. The molecular weight excluding hydrogens is 386 g/mol. The van der Waals surface area contributed by atoms with Crippen LogP contribution in [0.5, 0.6) is 23.1 Å². The van der Waals surface area contributed by atoms with Gasteiger partial charge in [-0.25, -0.2) is 4.98 Å². The highest BCUT2D eigenvalue weighted by molar-refractivity contribution is 5.96. The van der Waals surface area contributed by atoms with Crippen molar-refractivity contribution >= 4 is 11.8 Å². The first-order valence-electron chi connectivity index (χ1n) is 9.25. The number of amides is 2. The van der Waals surface area contributed by atoms with Crippen LogP contribution in [0.25, 0.3) is 0 Å². The molecule has 0 unspecified atom stereocenters. The van der Waals surface area contributed by atoms with E-state index < -0.39 is 0 Å². The number of fused-ring (bicyclic) bond motifs is 1. The van der Waals surface area contributed by atoms with E-state index in [2.05, 4.69) is 10.3 Å². The number of pyridine rings is 1. The third kappa shape index (κ3) is 4.49. The number of hydrogen-bond acceptors (Lipinski definition) is 6. The van der Waals surface area contributed by atoms with E-state index in [-0.39, 0.29) is 30.9 Å². The van der Waals surface area contributed by atoms with E-state index >= 15 is 0 Å². The first kappa shape index (κ1) is 19.3. The Morgan fingerprint density at radius 1 is 1.03 bits per heavy atom. The summed E-state index contributed by atoms with van der Waals surface area (Å²) >= 11 is 0. The summed E-state index contributed by atoms with van der Waals surface area (Å²) in [6.45, 7) is 0.480. The number of carbonyl (C=O) groups is 2. The summed E-state index contributed by atoms with van der Waals surface area (Å²) in [4.78, 5) is 27.9. The van der Waals surface area contributed by atoms with Gasteiger partial charge < -0.3 is 25.3 Å². The average molecular weight is 405 g/mol. The molecule has 1 aliphatic heterocycles. The number of primary amides is 1. The highest BCUT2D eigenvalue weighted by Crippen LogP contribution is 2.36. The lowest BCUT2D eigenvalue weighted by molar-refractivity contribution is -0.117. The molecule has 0 aliphatic carbocycles. The summed E-state index contributed by atoms with van der Waals surface area (Å²) in [6.07, 6.45) is 1.74. The van der Waals surface area contributed by atoms with Gasteiger partial charge in [0.25, 0.3) is 5.91 Å². The molecular formula is C22H19N3O5. The summed E-state index contributed by atoms with van der Waals surface area (Å²) in [5.41, 5.74) is 7.21. The molecule has 2 aromatic carbocycles. The van der Waals surface area contributed by atoms with Crippen molar-refractivity contribution in [1.29, 1.82) is 0 Å². The van der Waals surface area contributed by atoms with Crippen LogP contribution in [0.3, 0.4) is 0 Å². The zero-order valence-electron chi connectivity index (χ0n) is 16.0. The van der Waals surface area contributed by atoms with E-state index in [9.17, 15) is 9.59 Å². The Morgan fingerprint density at radius 3 is 2.60 bits per heavy atom. The van der Waals surface area contributed by atoms with Gasteiger partial charge in [0.1, 0.15) is 11.3 Å². The standard InChI is InChI=1S/C22H19N3O5/c23-20(26)10-14-3-5-15(6-4-14)12-25-21(27)17-2-1-9-24-22(17)30-16-7-8-18-19(11-16)29-13-28-18/h1-9,11H,10,12-13H2,(H2,23,26)(H,25,27). The zero-order chi connectivity index (χ0) is 20.9. The van der Waals surface area contributed by atoms with Crippen LogP contribution < -0.4 is 25.3 Å². The Labute approximate surface area is 172 Å². The molecule has 0 fully saturated rings. The number of carbonyl (C=O) groups excluding carboxylic acids is 2. The summed E-state index contributed by atoms with van der Waals surface area (Å²) in [6, 6.07) is 15.7. The number of hydrogen-bond donors (Lipinski definition) is 2. The largest absolute Gasteiger partial charge is 0.454 e. The van der Waals surface area contributed by atoms with Gasteiger partial charge in [0.2, 0.25) is 18.6 Å². The molecule has 2 amide bonds. The topological polar surface area (TPSA) is 113 Å². The highest BCUT2D eigenvalue weighted by Gasteiger charge is 2.17. The molecule has 3 N–H and O–H groups in total. The summed E-state index contributed by atoms with van der Waals surface area (Å²) in [5, 5.41) is 2.85. The predicted molar refractivity (Wildman–Crippen MR) is 107 cm³/mol. The van der Waals surface area contributed by atoms with Crippen LogP contribution in [-0.2, 0) is 17.8 Å².